The van der Waals surface area contributed by atoms with Crippen molar-refractivity contribution in [3.63, 3.8) is 0 Å². The number of carbonyl (C=O) groups is 2. The van der Waals surface area contributed by atoms with E-state index in [2.05, 4.69) is 22.8 Å². The van der Waals surface area contributed by atoms with Crippen molar-refractivity contribution in [2.75, 3.05) is 0 Å². The minimum Gasteiger partial charge on any atom is -0.352 e. The molecule has 1 aromatic carbocycles. The zero-order valence-electron chi connectivity index (χ0n) is 14.2. The van der Waals surface area contributed by atoms with Crippen LogP contribution in [0, 0.1) is 5.92 Å². The molecular formula is C19H28N2O2. The molecule has 0 aliphatic heterocycles. The molecule has 0 heterocycles. The molecular weight excluding hydrogens is 288 g/mol. The van der Waals surface area contributed by atoms with Gasteiger partial charge in [-0.05, 0) is 44.1 Å². The summed E-state index contributed by atoms with van der Waals surface area (Å²) in [6.07, 6.45) is 6.19. The topological polar surface area (TPSA) is 58.2 Å². The zero-order chi connectivity index (χ0) is 16.7. The van der Waals surface area contributed by atoms with Gasteiger partial charge >= 0.3 is 0 Å². The Hall–Kier alpha value is -1.84. The summed E-state index contributed by atoms with van der Waals surface area (Å²) in [6, 6.07) is 10.0. The van der Waals surface area contributed by atoms with E-state index in [1.807, 2.05) is 25.1 Å². The molecule has 2 atom stereocenters. The first-order valence-electron chi connectivity index (χ1n) is 8.67. The van der Waals surface area contributed by atoms with Crippen LogP contribution in [0.15, 0.2) is 30.3 Å². The Bertz CT molecular complexity index is 509. The van der Waals surface area contributed by atoms with Crippen molar-refractivity contribution in [2.24, 2.45) is 5.92 Å². The molecule has 2 rings (SSSR count). The summed E-state index contributed by atoms with van der Waals surface area (Å²) >= 11 is 0. The van der Waals surface area contributed by atoms with E-state index in [-0.39, 0.29) is 29.8 Å². The molecule has 1 fully saturated rings. The Morgan fingerprint density at radius 1 is 1.13 bits per heavy atom. The van der Waals surface area contributed by atoms with Gasteiger partial charge in [0.15, 0.2) is 0 Å². The average molecular weight is 316 g/mol. The monoisotopic (exact) mass is 316 g/mol. The van der Waals surface area contributed by atoms with Crippen molar-refractivity contribution in [1.82, 2.24) is 10.6 Å². The third kappa shape index (κ3) is 5.70. The van der Waals surface area contributed by atoms with Gasteiger partial charge in [0.25, 0.3) is 0 Å². The first kappa shape index (κ1) is 17.5. The maximum atomic E-state index is 12.6. The van der Waals surface area contributed by atoms with Crippen LogP contribution in [0.4, 0.5) is 0 Å². The summed E-state index contributed by atoms with van der Waals surface area (Å²) in [7, 11) is 0. The van der Waals surface area contributed by atoms with Crippen LogP contribution in [-0.4, -0.2) is 23.9 Å². The van der Waals surface area contributed by atoms with Crippen molar-refractivity contribution in [3.05, 3.63) is 35.9 Å². The smallest absolute Gasteiger partial charge is 0.243 e. The first-order valence-corrected chi connectivity index (χ1v) is 8.67. The fourth-order valence-corrected chi connectivity index (χ4v) is 3.34. The highest BCUT2D eigenvalue weighted by atomic mass is 16.2. The Kier molecular flexibility index (Phi) is 6.63. The van der Waals surface area contributed by atoms with Crippen molar-refractivity contribution in [2.45, 2.75) is 64.5 Å². The van der Waals surface area contributed by atoms with Gasteiger partial charge in [0.1, 0.15) is 6.04 Å². The third-order valence-corrected chi connectivity index (χ3v) is 4.61. The summed E-state index contributed by atoms with van der Waals surface area (Å²) in [6.45, 7) is 3.51. The van der Waals surface area contributed by atoms with Crippen molar-refractivity contribution in [1.29, 1.82) is 0 Å². The Morgan fingerprint density at radius 3 is 2.39 bits per heavy atom. The molecule has 2 N–H and O–H groups in total. The highest BCUT2D eigenvalue weighted by Crippen LogP contribution is 2.28. The van der Waals surface area contributed by atoms with Crippen molar-refractivity contribution in [3.8, 4) is 0 Å². The molecule has 0 saturated heterocycles. The predicted molar refractivity (Wildman–Crippen MR) is 91.9 cm³/mol. The van der Waals surface area contributed by atoms with E-state index in [0.717, 1.165) is 38.5 Å². The summed E-state index contributed by atoms with van der Waals surface area (Å²) in [5.41, 5.74) is 1.28. The zero-order valence-corrected chi connectivity index (χ0v) is 14.2. The Labute approximate surface area is 139 Å². The Balaban J connectivity index is 1.85. The first-order chi connectivity index (χ1) is 11.1. The lowest BCUT2D eigenvalue weighted by atomic mass is 9.96. The van der Waals surface area contributed by atoms with Crippen LogP contribution in [0.25, 0.3) is 0 Å². The van der Waals surface area contributed by atoms with E-state index >= 15 is 0 Å². The number of aryl methyl sites for hydroxylation is 1. The van der Waals surface area contributed by atoms with E-state index in [1.165, 1.54) is 12.5 Å². The molecule has 23 heavy (non-hydrogen) atoms. The number of benzene rings is 1. The number of hydrogen-bond acceptors (Lipinski definition) is 2. The van der Waals surface area contributed by atoms with E-state index in [0.29, 0.717) is 0 Å². The van der Waals surface area contributed by atoms with E-state index in [1.54, 1.807) is 0 Å². The maximum Gasteiger partial charge on any atom is 0.243 e. The van der Waals surface area contributed by atoms with Crippen LogP contribution in [0.2, 0.25) is 0 Å². The molecule has 126 valence electrons. The van der Waals surface area contributed by atoms with Crippen molar-refractivity contribution >= 4 is 11.8 Å². The van der Waals surface area contributed by atoms with Gasteiger partial charge in [-0.15, -0.1) is 0 Å². The van der Waals surface area contributed by atoms with E-state index in [4.69, 9.17) is 0 Å². The van der Waals surface area contributed by atoms with Crippen LogP contribution in [-0.2, 0) is 16.0 Å². The summed E-state index contributed by atoms with van der Waals surface area (Å²) in [5.74, 6) is 0.113. The second-order valence-electron chi connectivity index (χ2n) is 6.66. The van der Waals surface area contributed by atoms with Gasteiger partial charge in [0.2, 0.25) is 11.8 Å². The standard InChI is InChI=1S/C19H28N2O2/c1-14(12-13-16-8-4-3-5-9-16)20-19(23)18(21-15(2)22)17-10-6-7-11-17/h3-5,8-9,14,17-18H,6-7,10-13H2,1-2H3,(H,20,23)(H,21,22). The van der Waals surface area contributed by atoms with Gasteiger partial charge in [0.05, 0.1) is 0 Å². The molecule has 1 aliphatic rings. The lowest BCUT2D eigenvalue weighted by Gasteiger charge is -2.25. The number of rotatable bonds is 7. The molecule has 0 spiro atoms. The number of hydrogen-bond donors (Lipinski definition) is 2. The van der Waals surface area contributed by atoms with Gasteiger partial charge in [-0.25, -0.2) is 0 Å². The van der Waals surface area contributed by atoms with Gasteiger partial charge in [-0.2, -0.15) is 0 Å². The summed E-state index contributed by atoms with van der Waals surface area (Å²) in [5, 5.41) is 5.93. The molecule has 1 aliphatic carbocycles. The lowest BCUT2D eigenvalue weighted by Crippen LogP contribution is -2.51. The predicted octanol–water partition coefficient (Wildman–Crippen LogP) is 2.82. The SMILES string of the molecule is CC(=O)NC(C(=O)NC(C)CCc1ccccc1)C1CCCC1. The minimum absolute atomic E-state index is 0.0346. The number of carbonyl (C=O) groups excluding carboxylic acids is 2. The number of nitrogens with one attached hydrogen (secondary N) is 2. The van der Waals surface area contributed by atoms with Gasteiger partial charge in [-0.3, -0.25) is 9.59 Å². The highest BCUT2D eigenvalue weighted by molar-refractivity contribution is 5.87. The van der Waals surface area contributed by atoms with Gasteiger partial charge < -0.3 is 10.6 Å². The van der Waals surface area contributed by atoms with Crippen LogP contribution in [0.5, 0.6) is 0 Å². The molecule has 1 aromatic rings. The summed E-state index contributed by atoms with van der Waals surface area (Å²) < 4.78 is 0. The molecule has 2 unspecified atom stereocenters. The second kappa shape index (κ2) is 8.70. The molecule has 4 nitrogen and oxygen atoms in total. The second-order valence-corrected chi connectivity index (χ2v) is 6.66. The van der Waals surface area contributed by atoms with E-state index in [9.17, 15) is 9.59 Å². The quantitative estimate of drug-likeness (QED) is 0.812. The third-order valence-electron chi connectivity index (χ3n) is 4.61. The maximum absolute atomic E-state index is 12.6. The molecule has 0 bridgehead atoms. The largest absolute Gasteiger partial charge is 0.352 e. The molecule has 0 aromatic heterocycles. The molecule has 0 radical (unpaired) electrons. The molecule has 2 amide bonds. The lowest BCUT2D eigenvalue weighted by molar-refractivity contribution is -0.129. The fraction of sp³-hybridized carbons (Fsp3) is 0.579. The normalized spacial score (nSPS) is 17.5. The van der Waals surface area contributed by atoms with E-state index < -0.39 is 0 Å². The fourth-order valence-electron chi connectivity index (χ4n) is 3.34. The highest BCUT2D eigenvalue weighted by Gasteiger charge is 2.31. The van der Waals surface area contributed by atoms with Crippen LogP contribution >= 0.6 is 0 Å². The minimum atomic E-state index is -0.380. The number of amides is 2. The van der Waals surface area contributed by atoms with Crippen LogP contribution in [0.3, 0.4) is 0 Å². The molecule has 4 heteroatoms. The summed E-state index contributed by atoms with van der Waals surface area (Å²) in [4.78, 5) is 24.0. The molecule has 1 saturated carbocycles. The van der Waals surface area contributed by atoms with Gasteiger partial charge in [0, 0.05) is 13.0 Å². The van der Waals surface area contributed by atoms with Crippen molar-refractivity contribution < 1.29 is 9.59 Å². The van der Waals surface area contributed by atoms with Crippen LogP contribution < -0.4 is 10.6 Å². The average Bonchev–Trinajstić information content (AvgIpc) is 3.05. The van der Waals surface area contributed by atoms with Gasteiger partial charge in [-0.1, -0.05) is 43.2 Å². The Morgan fingerprint density at radius 2 is 1.78 bits per heavy atom. The van der Waals surface area contributed by atoms with Crippen LogP contribution in [0.1, 0.15) is 51.5 Å².